The second-order valence-corrected chi connectivity index (χ2v) is 8.62. The van der Waals surface area contributed by atoms with Crippen LogP contribution in [0, 0.1) is 13.8 Å². The molecule has 2 N–H and O–H groups in total. The number of carbonyl (C=O) groups is 1. The Morgan fingerprint density at radius 2 is 1.45 bits per heavy atom. The van der Waals surface area contributed by atoms with Crippen LogP contribution in [0.25, 0.3) is 0 Å². The third kappa shape index (κ3) is 5.99. The second kappa shape index (κ2) is 9.53. The Balaban J connectivity index is 1.57. The van der Waals surface area contributed by atoms with E-state index >= 15 is 0 Å². The van der Waals surface area contributed by atoms with Crippen LogP contribution in [0.3, 0.4) is 0 Å². The fraction of sp³-hybridized carbons (Fsp3) is 0.174. The van der Waals surface area contributed by atoms with Gasteiger partial charge in [-0.15, -0.1) is 0 Å². The van der Waals surface area contributed by atoms with Crippen molar-refractivity contribution >= 4 is 27.3 Å². The molecule has 0 saturated carbocycles. The molecule has 0 aromatic heterocycles. The van der Waals surface area contributed by atoms with E-state index in [9.17, 15) is 13.2 Å². The molecule has 7 nitrogen and oxygen atoms in total. The molecule has 0 aliphatic carbocycles. The van der Waals surface area contributed by atoms with E-state index in [4.69, 9.17) is 9.47 Å². The molecule has 0 heterocycles. The number of methoxy groups -OCH3 is 1. The average Bonchev–Trinajstić information content (AvgIpc) is 2.75. The van der Waals surface area contributed by atoms with Gasteiger partial charge in [0.2, 0.25) is 0 Å². The first-order chi connectivity index (χ1) is 14.8. The van der Waals surface area contributed by atoms with Crippen LogP contribution in [0.1, 0.15) is 11.1 Å². The Labute approximate surface area is 182 Å². The van der Waals surface area contributed by atoms with Gasteiger partial charge in [0.05, 0.1) is 12.0 Å². The summed E-state index contributed by atoms with van der Waals surface area (Å²) in [6.07, 6.45) is 0. The Morgan fingerprint density at radius 1 is 0.839 bits per heavy atom. The third-order valence-electron chi connectivity index (χ3n) is 4.64. The molecule has 3 aromatic carbocycles. The summed E-state index contributed by atoms with van der Waals surface area (Å²) >= 11 is 0. The summed E-state index contributed by atoms with van der Waals surface area (Å²) in [4.78, 5) is 12.2. The molecule has 0 fully saturated rings. The maximum Gasteiger partial charge on any atom is 0.262 e. The predicted molar refractivity (Wildman–Crippen MR) is 120 cm³/mol. The first-order valence-corrected chi connectivity index (χ1v) is 11.0. The SMILES string of the molecule is COc1ccc(NS(=O)(=O)c2ccc(OCC(=O)Nc3ccc(C)c(C)c3)cc2)cc1. The maximum absolute atomic E-state index is 12.5. The van der Waals surface area contributed by atoms with Crippen molar-refractivity contribution in [2.75, 3.05) is 23.8 Å². The molecular weight excluding hydrogens is 416 g/mol. The number of carbonyl (C=O) groups excluding carboxylic acids is 1. The van der Waals surface area contributed by atoms with E-state index in [0.717, 1.165) is 11.1 Å². The smallest absolute Gasteiger partial charge is 0.262 e. The average molecular weight is 441 g/mol. The highest BCUT2D eigenvalue weighted by molar-refractivity contribution is 7.92. The number of ether oxygens (including phenoxy) is 2. The van der Waals surface area contributed by atoms with E-state index in [0.29, 0.717) is 22.9 Å². The number of nitrogens with one attached hydrogen (secondary N) is 2. The van der Waals surface area contributed by atoms with Gasteiger partial charge in [0.15, 0.2) is 6.61 Å². The molecule has 0 radical (unpaired) electrons. The van der Waals surface area contributed by atoms with Gasteiger partial charge in [0.25, 0.3) is 15.9 Å². The maximum atomic E-state index is 12.5. The Morgan fingerprint density at radius 3 is 2.06 bits per heavy atom. The summed E-state index contributed by atoms with van der Waals surface area (Å²) in [7, 11) is -2.22. The highest BCUT2D eigenvalue weighted by atomic mass is 32.2. The minimum atomic E-state index is -3.75. The van der Waals surface area contributed by atoms with Gasteiger partial charge in [0.1, 0.15) is 11.5 Å². The van der Waals surface area contributed by atoms with Crippen molar-refractivity contribution in [3.63, 3.8) is 0 Å². The minimum Gasteiger partial charge on any atom is -0.497 e. The lowest BCUT2D eigenvalue weighted by Gasteiger charge is -2.11. The zero-order chi connectivity index (χ0) is 22.4. The number of aryl methyl sites for hydroxylation is 2. The molecule has 162 valence electrons. The Hall–Kier alpha value is -3.52. The molecule has 8 heteroatoms. The Bertz CT molecular complexity index is 1160. The molecule has 0 unspecified atom stereocenters. The lowest BCUT2D eigenvalue weighted by molar-refractivity contribution is -0.118. The van der Waals surface area contributed by atoms with Crippen LogP contribution in [-0.2, 0) is 14.8 Å². The topological polar surface area (TPSA) is 93.7 Å². The zero-order valence-electron chi connectivity index (χ0n) is 17.5. The summed E-state index contributed by atoms with van der Waals surface area (Å²) in [6.45, 7) is 3.78. The van der Waals surface area contributed by atoms with Crippen LogP contribution in [0.15, 0.2) is 71.6 Å². The van der Waals surface area contributed by atoms with Crippen LogP contribution >= 0.6 is 0 Å². The molecule has 3 aromatic rings. The van der Waals surface area contributed by atoms with Gasteiger partial charge < -0.3 is 14.8 Å². The van der Waals surface area contributed by atoms with Crippen LogP contribution in [0.2, 0.25) is 0 Å². The van der Waals surface area contributed by atoms with Crippen molar-refractivity contribution in [3.05, 3.63) is 77.9 Å². The predicted octanol–water partition coefficient (Wildman–Crippen LogP) is 4.13. The summed E-state index contributed by atoms with van der Waals surface area (Å²) < 4.78 is 38.1. The standard InChI is InChI=1S/C23H24N2O5S/c1-16-4-5-19(14-17(16)2)24-23(26)15-30-21-10-12-22(13-11-21)31(27,28)25-18-6-8-20(29-3)9-7-18/h4-14,25H,15H2,1-3H3,(H,24,26). The molecule has 3 rings (SSSR count). The van der Waals surface area contributed by atoms with Gasteiger partial charge in [-0.05, 0) is 85.6 Å². The Kier molecular flexibility index (Phi) is 6.81. The van der Waals surface area contributed by atoms with Gasteiger partial charge in [-0.25, -0.2) is 8.42 Å². The van der Waals surface area contributed by atoms with Crippen molar-refractivity contribution in [1.29, 1.82) is 0 Å². The molecule has 0 aliphatic heterocycles. The van der Waals surface area contributed by atoms with E-state index in [-0.39, 0.29) is 17.4 Å². The van der Waals surface area contributed by atoms with Crippen molar-refractivity contribution in [2.45, 2.75) is 18.7 Å². The van der Waals surface area contributed by atoms with Crippen molar-refractivity contribution in [1.82, 2.24) is 0 Å². The summed E-state index contributed by atoms with van der Waals surface area (Å²) in [5.74, 6) is 0.714. The van der Waals surface area contributed by atoms with Gasteiger partial charge in [0, 0.05) is 11.4 Å². The lowest BCUT2D eigenvalue weighted by Crippen LogP contribution is -2.20. The number of rotatable bonds is 8. The van der Waals surface area contributed by atoms with Gasteiger partial charge >= 0.3 is 0 Å². The number of anilines is 2. The second-order valence-electron chi connectivity index (χ2n) is 6.94. The van der Waals surface area contributed by atoms with E-state index in [1.165, 1.54) is 31.4 Å². The van der Waals surface area contributed by atoms with Gasteiger partial charge in [-0.3, -0.25) is 9.52 Å². The third-order valence-corrected chi connectivity index (χ3v) is 6.03. The first kappa shape index (κ1) is 22.2. The van der Waals surface area contributed by atoms with E-state index < -0.39 is 10.0 Å². The molecular formula is C23H24N2O5S. The number of amides is 1. The van der Waals surface area contributed by atoms with Crippen LogP contribution in [0.5, 0.6) is 11.5 Å². The monoisotopic (exact) mass is 440 g/mol. The summed E-state index contributed by atoms with van der Waals surface area (Å²) in [5.41, 5.74) is 3.34. The number of sulfonamides is 1. The number of hydrogen-bond acceptors (Lipinski definition) is 5. The summed E-state index contributed by atoms with van der Waals surface area (Å²) in [6, 6.07) is 18.1. The lowest BCUT2D eigenvalue weighted by atomic mass is 10.1. The molecule has 0 bridgehead atoms. The van der Waals surface area contributed by atoms with Crippen LogP contribution in [0.4, 0.5) is 11.4 Å². The molecule has 0 aliphatic rings. The molecule has 0 saturated heterocycles. The normalized spacial score (nSPS) is 10.9. The molecule has 31 heavy (non-hydrogen) atoms. The molecule has 0 spiro atoms. The quantitative estimate of drug-likeness (QED) is 0.549. The zero-order valence-corrected chi connectivity index (χ0v) is 18.3. The highest BCUT2D eigenvalue weighted by Gasteiger charge is 2.14. The largest absolute Gasteiger partial charge is 0.497 e. The number of hydrogen-bond donors (Lipinski definition) is 2. The van der Waals surface area contributed by atoms with Crippen molar-refractivity contribution in [3.8, 4) is 11.5 Å². The fourth-order valence-electron chi connectivity index (χ4n) is 2.75. The summed E-state index contributed by atoms with van der Waals surface area (Å²) in [5, 5.41) is 2.77. The molecule has 0 atom stereocenters. The molecule has 1 amide bonds. The van der Waals surface area contributed by atoms with Crippen molar-refractivity contribution < 1.29 is 22.7 Å². The van der Waals surface area contributed by atoms with E-state index in [1.54, 1.807) is 24.3 Å². The van der Waals surface area contributed by atoms with E-state index in [2.05, 4.69) is 10.0 Å². The van der Waals surface area contributed by atoms with Crippen LogP contribution in [-0.4, -0.2) is 28.0 Å². The first-order valence-electron chi connectivity index (χ1n) is 9.54. The number of benzene rings is 3. The van der Waals surface area contributed by atoms with Crippen LogP contribution < -0.4 is 19.5 Å². The minimum absolute atomic E-state index is 0.0789. The van der Waals surface area contributed by atoms with Gasteiger partial charge in [-0.2, -0.15) is 0 Å². The van der Waals surface area contributed by atoms with E-state index in [1.807, 2.05) is 32.0 Å². The van der Waals surface area contributed by atoms with Crippen molar-refractivity contribution in [2.24, 2.45) is 0 Å². The fourth-order valence-corrected chi connectivity index (χ4v) is 3.81. The highest BCUT2D eigenvalue weighted by Crippen LogP contribution is 2.21. The van der Waals surface area contributed by atoms with Gasteiger partial charge in [-0.1, -0.05) is 6.07 Å².